The van der Waals surface area contributed by atoms with Crippen LogP contribution in [-0.2, 0) is 28.8 Å². The molecular weight excluding hydrogens is 284 g/mol. The van der Waals surface area contributed by atoms with Crippen LogP contribution >= 0.6 is 11.3 Å². The van der Waals surface area contributed by atoms with E-state index in [1.165, 1.54) is 17.6 Å². The summed E-state index contributed by atoms with van der Waals surface area (Å²) in [6, 6.07) is 7.88. The third-order valence-corrected chi connectivity index (χ3v) is 4.27. The first-order valence-corrected chi connectivity index (χ1v) is 7.82. The Morgan fingerprint density at radius 1 is 1.33 bits per heavy atom. The molecule has 1 heterocycles. The molecule has 0 spiro atoms. The van der Waals surface area contributed by atoms with Crippen molar-refractivity contribution in [1.82, 2.24) is 4.98 Å². The van der Waals surface area contributed by atoms with E-state index in [9.17, 15) is 4.79 Å². The molecule has 5 heteroatoms. The zero-order valence-electron chi connectivity index (χ0n) is 12.4. The summed E-state index contributed by atoms with van der Waals surface area (Å²) in [5.41, 5.74) is 8.78. The minimum Gasteiger partial charge on any atom is -0.469 e. The molecule has 0 unspecified atom stereocenters. The number of hydrogen-bond acceptors (Lipinski definition) is 5. The summed E-state index contributed by atoms with van der Waals surface area (Å²) >= 11 is 1.60. The first kappa shape index (κ1) is 15.5. The molecule has 0 saturated heterocycles. The predicted molar refractivity (Wildman–Crippen MR) is 85.5 cm³/mol. The molecule has 0 aliphatic heterocycles. The maximum absolute atomic E-state index is 11.4. The molecule has 0 radical (unpaired) electrons. The van der Waals surface area contributed by atoms with Crippen molar-refractivity contribution < 1.29 is 9.53 Å². The number of anilines is 1. The lowest BCUT2D eigenvalue weighted by Crippen LogP contribution is -2.04. The van der Waals surface area contributed by atoms with Gasteiger partial charge in [-0.15, -0.1) is 11.3 Å². The van der Waals surface area contributed by atoms with Gasteiger partial charge in [0.25, 0.3) is 0 Å². The Labute approximate surface area is 129 Å². The molecule has 1 aromatic carbocycles. The van der Waals surface area contributed by atoms with E-state index < -0.39 is 0 Å². The molecule has 112 valence electrons. The van der Waals surface area contributed by atoms with Crippen molar-refractivity contribution in [2.24, 2.45) is 0 Å². The second-order valence-corrected chi connectivity index (χ2v) is 6.07. The van der Waals surface area contributed by atoms with Crippen molar-refractivity contribution in [3.63, 3.8) is 0 Å². The van der Waals surface area contributed by atoms with Crippen LogP contribution < -0.4 is 5.73 Å². The summed E-state index contributed by atoms with van der Waals surface area (Å²) < 4.78 is 4.71. The first-order valence-electron chi connectivity index (χ1n) is 7.01. The lowest BCUT2D eigenvalue weighted by atomic mass is 10.1. The molecule has 2 aromatic rings. The first-order chi connectivity index (χ1) is 10.1. The van der Waals surface area contributed by atoms with Crippen molar-refractivity contribution in [2.75, 3.05) is 12.8 Å². The lowest BCUT2D eigenvalue weighted by molar-refractivity contribution is -0.139. The summed E-state index contributed by atoms with van der Waals surface area (Å²) in [5, 5.41) is 0.829. The number of benzene rings is 1. The predicted octanol–water partition coefficient (Wildman–Crippen LogP) is 2.98. The number of nitrogens with zero attached hydrogens (tertiary/aromatic N) is 1. The summed E-state index contributed by atoms with van der Waals surface area (Å²) in [5.74, 6) is -0.245. The van der Waals surface area contributed by atoms with Gasteiger partial charge in [0.2, 0.25) is 0 Å². The van der Waals surface area contributed by atoms with Gasteiger partial charge in [0.15, 0.2) is 0 Å². The number of thiazole rings is 1. The van der Waals surface area contributed by atoms with Crippen LogP contribution in [0, 0.1) is 0 Å². The van der Waals surface area contributed by atoms with Crippen LogP contribution in [0.2, 0.25) is 0 Å². The average Bonchev–Trinajstić information content (AvgIpc) is 2.83. The number of nitrogens with two attached hydrogens (primary N) is 1. The SMILES string of the molecule is CCCc1nc(CC(=O)OC)sc1Cc1ccc(N)cc1. The zero-order chi connectivity index (χ0) is 15.2. The number of hydrogen-bond donors (Lipinski definition) is 1. The van der Waals surface area contributed by atoms with E-state index in [-0.39, 0.29) is 12.4 Å². The van der Waals surface area contributed by atoms with Crippen LogP contribution in [0.15, 0.2) is 24.3 Å². The van der Waals surface area contributed by atoms with Gasteiger partial charge in [0, 0.05) is 17.0 Å². The fraction of sp³-hybridized carbons (Fsp3) is 0.375. The van der Waals surface area contributed by atoms with Crippen LogP contribution in [-0.4, -0.2) is 18.1 Å². The van der Waals surface area contributed by atoms with Gasteiger partial charge in [-0.25, -0.2) is 4.98 Å². The van der Waals surface area contributed by atoms with Crippen molar-refractivity contribution in [1.29, 1.82) is 0 Å². The Morgan fingerprint density at radius 3 is 2.67 bits per heavy atom. The fourth-order valence-corrected chi connectivity index (χ4v) is 3.23. The molecule has 0 bridgehead atoms. The molecule has 0 aliphatic rings. The van der Waals surface area contributed by atoms with E-state index in [4.69, 9.17) is 10.5 Å². The third-order valence-electron chi connectivity index (χ3n) is 3.18. The summed E-state index contributed by atoms with van der Waals surface area (Å²) in [6.45, 7) is 2.13. The number of carbonyl (C=O) groups is 1. The Balaban J connectivity index is 2.19. The fourth-order valence-electron chi connectivity index (χ4n) is 2.10. The van der Waals surface area contributed by atoms with Crippen LogP contribution in [0.1, 0.15) is 34.5 Å². The lowest BCUT2D eigenvalue weighted by Gasteiger charge is -2.02. The average molecular weight is 304 g/mol. The van der Waals surface area contributed by atoms with Crippen molar-refractivity contribution in [3.05, 3.63) is 45.4 Å². The zero-order valence-corrected chi connectivity index (χ0v) is 13.2. The number of ether oxygens (including phenoxy) is 1. The Kier molecular flexibility index (Phi) is 5.33. The molecular formula is C16H20N2O2S. The second kappa shape index (κ2) is 7.22. The minimum atomic E-state index is -0.245. The monoisotopic (exact) mass is 304 g/mol. The molecule has 0 fully saturated rings. The molecule has 21 heavy (non-hydrogen) atoms. The van der Waals surface area contributed by atoms with E-state index in [1.807, 2.05) is 24.3 Å². The molecule has 0 amide bonds. The van der Waals surface area contributed by atoms with Crippen molar-refractivity contribution in [3.8, 4) is 0 Å². The Morgan fingerprint density at radius 2 is 2.05 bits per heavy atom. The van der Waals surface area contributed by atoms with E-state index >= 15 is 0 Å². The van der Waals surface area contributed by atoms with Crippen LogP contribution in [0.5, 0.6) is 0 Å². The van der Waals surface area contributed by atoms with Crippen LogP contribution in [0.3, 0.4) is 0 Å². The molecule has 1 aromatic heterocycles. The number of rotatable bonds is 6. The smallest absolute Gasteiger partial charge is 0.312 e. The largest absolute Gasteiger partial charge is 0.469 e. The standard InChI is InChI=1S/C16H20N2O2S/c1-3-4-13-14(9-11-5-7-12(17)8-6-11)21-15(18-13)10-16(19)20-2/h5-8H,3-4,9-10,17H2,1-2H3. The normalized spacial score (nSPS) is 10.6. The summed E-state index contributed by atoms with van der Waals surface area (Å²) in [4.78, 5) is 17.2. The second-order valence-electron chi connectivity index (χ2n) is 4.90. The highest BCUT2D eigenvalue weighted by atomic mass is 32.1. The molecule has 0 saturated carbocycles. The topological polar surface area (TPSA) is 65.2 Å². The molecule has 2 N–H and O–H groups in total. The van der Waals surface area contributed by atoms with Crippen molar-refractivity contribution in [2.45, 2.75) is 32.6 Å². The van der Waals surface area contributed by atoms with Gasteiger partial charge in [-0.1, -0.05) is 25.5 Å². The third kappa shape index (κ3) is 4.29. The maximum atomic E-state index is 11.4. The van der Waals surface area contributed by atoms with Gasteiger partial charge in [0.1, 0.15) is 5.01 Å². The highest BCUT2D eigenvalue weighted by Gasteiger charge is 2.14. The quantitative estimate of drug-likeness (QED) is 0.658. The Hall–Kier alpha value is -1.88. The number of aryl methyl sites for hydroxylation is 1. The number of nitrogen functional groups attached to an aromatic ring is 1. The molecule has 0 aliphatic carbocycles. The summed E-state index contributed by atoms with van der Waals surface area (Å²) in [6.07, 6.45) is 3.05. The van der Waals surface area contributed by atoms with Gasteiger partial charge in [-0.3, -0.25) is 4.79 Å². The highest BCUT2D eigenvalue weighted by molar-refractivity contribution is 7.11. The van der Waals surface area contributed by atoms with Gasteiger partial charge >= 0.3 is 5.97 Å². The number of methoxy groups -OCH3 is 1. The number of esters is 1. The molecule has 0 atom stereocenters. The van der Waals surface area contributed by atoms with Crippen LogP contribution in [0.4, 0.5) is 5.69 Å². The Bertz CT molecular complexity index is 605. The maximum Gasteiger partial charge on any atom is 0.312 e. The highest BCUT2D eigenvalue weighted by Crippen LogP contribution is 2.24. The summed E-state index contributed by atoms with van der Waals surface area (Å²) in [7, 11) is 1.40. The van der Waals surface area contributed by atoms with Crippen molar-refractivity contribution >= 4 is 23.0 Å². The number of aromatic nitrogens is 1. The van der Waals surface area contributed by atoms with Gasteiger partial charge < -0.3 is 10.5 Å². The molecule has 2 rings (SSSR count). The van der Waals surface area contributed by atoms with Crippen LogP contribution in [0.25, 0.3) is 0 Å². The molecule has 4 nitrogen and oxygen atoms in total. The minimum absolute atomic E-state index is 0.245. The number of carbonyl (C=O) groups excluding carboxylic acids is 1. The van der Waals surface area contributed by atoms with E-state index in [0.29, 0.717) is 0 Å². The van der Waals surface area contributed by atoms with E-state index in [2.05, 4.69) is 11.9 Å². The van der Waals surface area contributed by atoms with Gasteiger partial charge in [-0.2, -0.15) is 0 Å². The van der Waals surface area contributed by atoms with Gasteiger partial charge in [0.05, 0.1) is 19.2 Å². The van der Waals surface area contributed by atoms with Gasteiger partial charge in [-0.05, 0) is 24.1 Å². The van der Waals surface area contributed by atoms with E-state index in [1.54, 1.807) is 11.3 Å². The van der Waals surface area contributed by atoms with E-state index in [0.717, 1.165) is 35.7 Å².